The number of hydrogen-bond acceptors (Lipinski definition) is 4. The van der Waals surface area contributed by atoms with Crippen LogP contribution in [-0.2, 0) is 9.31 Å². The van der Waals surface area contributed by atoms with Crippen LogP contribution in [0.4, 0.5) is 13.2 Å². The first-order chi connectivity index (χ1) is 10.9. The quantitative estimate of drug-likeness (QED) is 0.850. The second-order valence-corrected chi connectivity index (χ2v) is 6.63. The van der Waals surface area contributed by atoms with Crippen LogP contribution in [0.5, 0.6) is 5.75 Å². The van der Waals surface area contributed by atoms with E-state index in [4.69, 9.17) is 15.0 Å². The Kier molecular flexibility index (Phi) is 5.04. The summed E-state index contributed by atoms with van der Waals surface area (Å²) in [6, 6.07) is 5.53. The van der Waals surface area contributed by atoms with E-state index in [9.17, 15) is 13.2 Å². The number of ether oxygens (including phenoxy) is 1. The molecule has 1 aromatic rings. The number of alkyl halides is 3. The molecule has 1 aromatic carbocycles. The summed E-state index contributed by atoms with van der Waals surface area (Å²) in [6.45, 7) is 7.95. The van der Waals surface area contributed by atoms with Crippen LogP contribution in [0.2, 0.25) is 0 Å². The fourth-order valence-corrected chi connectivity index (χ4v) is 2.20. The van der Waals surface area contributed by atoms with Crippen LogP contribution in [-0.4, -0.2) is 31.2 Å². The predicted molar refractivity (Wildman–Crippen MR) is 86.2 cm³/mol. The highest BCUT2D eigenvalue weighted by molar-refractivity contribution is 6.55. The number of rotatable bonds is 4. The summed E-state index contributed by atoms with van der Waals surface area (Å²) < 4.78 is 52.2. The number of benzene rings is 1. The zero-order valence-corrected chi connectivity index (χ0v) is 14.1. The van der Waals surface area contributed by atoms with Gasteiger partial charge in [0.2, 0.25) is 0 Å². The van der Waals surface area contributed by atoms with E-state index in [-0.39, 0.29) is 12.3 Å². The molecule has 0 saturated carbocycles. The molecule has 0 amide bonds. The Labute approximate surface area is 139 Å². The lowest BCUT2D eigenvalue weighted by atomic mass is 9.77. The highest BCUT2D eigenvalue weighted by Gasteiger charge is 2.52. The summed E-state index contributed by atoms with van der Waals surface area (Å²) in [5, 5.41) is 0. The molecule has 1 saturated heterocycles. The third kappa shape index (κ3) is 4.31. The number of halogens is 3. The van der Waals surface area contributed by atoms with Gasteiger partial charge < -0.3 is 19.8 Å². The van der Waals surface area contributed by atoms with Gasteiger partial charge in [-0.15, -0.1) is 13.2 Å². The number of hydrogen-bond donors (Lipinski definition) is 1. The Bertz CT molecular complexity index is 596. The second kappa shape index (κ2) is 6.42. The lowest BCUT2D eigenvalue weighted by Crippen LogP contribution is -2.41. The van der Waals surface area contributed by atoms with E-state index in [1.807, 2.05) is 27.7 Å². The molecule has 24 heavy (non-hydrogen) atoms. The first-order valence-corrected chi connectivity index (χ1v) is 7.55. The van der Waals surface area contributed by atoms with Crippen molar-refractivity contribution >= 4 is 13.2 Å². The SMILES string of the molecule is CC1(C)OB(C(=Cc2ccc(OC(F)(F)F)cc2)CN)OC1(C)C. The van der Waals surface area contributed by atoms with E-state index >= 15 is 0 Å². The largest absolute Gasteiger partial charge is 0.573 e. The minimum absolute atomic E-state index is 0.206. The van der Waals surface area contributed by atoms with Gasteiger partial charge in [-0.05, 0) is 50.9 Å². The van der Waals surface area contributed by atoms with Crippen molar-refractivity contribution in [3.05, 3.63) is 35.3 Å². The Morgan fingerprint density at radius 1 is 1.12 bits per heavy atom. The molecule has 0 radical (unpaired) electrons. The molecule has 8 heteroatoms. The van der Waals surface area contributed by atoms with Gasteiger partial charge in [0.05, 0.1) is 11.2 Å². The molecular formula is C16H21BF3NO3. The molecule has 1 heterocycles. The standard InChI is InChI=1S/C16H21BF3NO3/c1-14(2)15(3,4)24-17(23-14)12(10-21)9-11-5-7-13(8-6-11)22-16(18,19)20/h5-9H,10,21H2,1-4H3. The van der Waals surface area contributed by atoms with Crippen LogP contribution < -0.4 is 10.5 Å². The van der Waals surface area contributed by atoms with E-state index in [0.29, 0.717) is 11.0 Å². The van der Waals surface area contributed by atoms with E-state index in [0.717, 1.165) is 0 Å². The molecule has 1 aliphatic rings. The molecule has 2 rings (SSSR count). The first kappa shape index (κ1) is 18.8. The van der Waals surface area contributed by atoms with Crippen LogP contribution in [0.15, 0.2) is 29.7 Å². The lowest BCUT2D eigenvalue weighted by Gasteiger charge is -2.32. The highest BCUT2D eigenvalue weighted by Crippen LogP contribution is 2.38. The third-order valence-corrected chi connectivity index (χ3v) is 4.26. The van der Waals surface area contributed by atoms with Gasteiger partial charge in [-0.1, -0.05) is 18.2 Å². The summed E-state index contributed by atoms with van der Waals surface area (Å²) in [5.74, 6) is -0.274. The van der Waals surface area contributed by atoms with Gasteiger partial charge in [0.1, 0.15) is 5.75 Å². The Morgan fingerprint density at radius 2 is 1.62 bits per heavy atom. The van der Waals surface area contributed by atoms with Crippen molar-refractivity contribution in [3.8, 4) is 5.75 Å². The van der Waals surface area contributed by atoms with E-state index in [1.54, 1.807) is 6.08 Å². The van der Waals surface area contributed by atoms with Crippen LogP contribution in [0.1, 0.15) is 33.3 Å². The van der Waals surface area contributed by atoms with Gasteiger partial charge in [-0.25, -0.2) is 0 Å². The Hall–Kier alpha value is -1.51. The smallest absolute Gasteiger partial charge is 0.406 e. The monoisotopic (exact) mass is 343 g/mol. The van der Waals surface area contributed by atoms with Crippen LogP contribution in [0, 0.1) is 0 Å². The zero-order chi connectivity index (χ0) is 18.2. The summed E-state index contributed by atoms with van der Waals surface area (Å²) in [6.07, 6.45) is -2.96. The van der Waals surface area contributed by atoms with Gasteiger partial charge in [0.15, 0.2) is 0 Å². The van der Waals surface area contributed by atoms with Gasteiger partial charge in [-0.2, -0.15) is 0 Å². The molecule has 0 aliphatic carbocycles. The van der Waals surface area contributed by atoms with Crippen molar-refractivity contribution in [2.24, 2.45) is 5.73 Å². The van der Waals surface area contributed by atoms with Gasteiger partial charge in [-0.3, -0.25) is 0 Å². The van der Waals surface area contributed by atoms with E-state index < -0.39 is 24.7 Å². The van der Waals surface area contributed by atoms with Crippen LogP contribution in [0.3, 0.4) is 0 Å². The number of nitrogens with two attached hydrogens (primary N) is 1. The van der Waals surface area contributed by atoms with Gasteiger partial charge in [0, 0.05) is 6.54 Å². The molecule has 1 aliphatic heterocycles. The summed E-state index contributed by atoms with van der Waals surface area (Å²) >= 11 is 0. The third-order valence-electron chi connectivity index (χ3n) is 4.26. The average molecular weight is 343 g/mol. The fourth-order valence-electron chi connectivity index (χ4n) is 2.20. The van der Waals surface area contributed by atoms with Crippen molar-refractivity contribution in [3.63, 3.8) is 0 Å². The molecule has 2 N–H and O–H groups in total. The maximum atomic E-state index is 12.2. The molecular weight excluding hydrogens is 322 g/mol. The van der Waals surface area contributed by atoms with Crippen molar-refractivity contribution < 1.29 is 27.2 Å². The predicted octanol–water partition coefficient (Wildman–Crippen LogP) is 3.56. The first-order valence-electron chi connectivity index (χ1n) is 7.55. The molecule has 0 aromatic heterocycles. The van der Waals surface area contributed by atoms with Crippen molar-refractivity contribution in [2.45, 2.75) is 45.3 Å². The second-order valence-electron chi connectivity index (χ2n) is 6.63. The Morgan fingerprint density at radius 3 is 2.04 bits per heavy atom. The minimum atomic E-state index is -4.71. The average Bonchev–Trinajstić information content (AvgIpc) is 2.64. The molecule has 132 valence electrons. The van der Waals surface area contributed by atoms with Crippen LogP contribution >= 0.6 is 0 Å². The van der Waals surface area contributed by atoms with Crippen LogP contribution in [0.25, 0.3) is 6.08 Å². The molecule has 0 bridgehead atoms. The van der Waals surface area contributed by atoms with E-state index in [2.05, 4.69) is 4.74 Å². The summed E-state index contributed by atoms with van der Waals surface area (Å²) in [7, 11) is -0.592. The maximum Gasteiger partial charge on any atom is 0.573 e. The molecule has 0 spiro atoms. The maximum absolute atomic E-state index is 12.2. The molecule has 0 unspecified atom stereocenters. The van der Waals surface area contributed by atoms with Crippen molar-refractivity contribution in [1.82, 2.24) is 0 Å². The Balaban J connectivity index is 2.17. The lowest BCUT2D eigenvalue weighted by molar-refractivity contribution is -0.274. The van der Waals surface area contributed by atoms with Gasteiger partial charge >= 0.3 is 13.5 Å². The molecule has 0 atom stereocenters. The summed E-state index contributed by atoms with van der Waals surface area (Å²) in [5.41, 5.74) is 6.20. The molecule has 4 nitrogen and oxygen atoms in total. The van der Waals surface area contributed by atoms with Gasteiger partial charge in [0.25, 0.3) is 0 Å². The van der Waals surface area contributed by atoms with E-state index in [1.165, 1.54) is 24.3 Å². The normalized spacial score (nSPS) is 20.3. The zero-order valence-electron chi connectivity index (χ0n) is 14.1. The minimum Gasteiger partial charge on any atom is -0.406 e. The van der Waals surface area contributed by atoms with Crippen molar-refractivity contribution in [1.29, 1.82) is 0 Å². The fraction of sp³-hybridized carbons (Fsp3) is 0.500. The van der Waals surface area contributed by atoms with Crippen molar-refractivity contribution in [2.75, 3.05) is 6.54 Å². The topological polar surface area (TPSA) is 53.7 Å². The summed E-state index contributed by atoms with van der Waals surface area (Å²) in [4.78, 5) is 0. The highest BCUT2D eigenvalue weighted by atomic mass is 19.4. The molecule has 1 fully saturated rings.